The highest BCUT2D eigenvalue weighted by atomic mass is 16.5. The van der Waals surface area contributed by atoms with Crippen LogP contribution in [0.5, 0.6) is 0 Å². The van der Waals surface area contributed by atoms with Gasteiger partial charge in [-0.05, 0) is 32.2 Å². The van der Waals surface area contributed by atoms with Crippen molar-refractivity contribution in [3.05, 3.63) is 0 Å². The number of amides is 1. The Kier molecular flexibility index (Phi) is 4.60. The van der Waals surface area contributed by atoms with Gasteiger partial charge in [0.2, 0.25) is 5.91 Å². The Morgan fingerprint density at radius 1 is 1.25 bits per heavy atom. The third-order valence-electron chi connectivity index (χ3n) is 3.42. The molecule has 1 atom stereocenters. The van der Waals surface area contributed by atoms with E-state index in [4.69, 9.17) is 4.74 Å². The van der Waals surface area contributed by atoms with Gasteiger partial charge in [-0.15, -0.1) is 0 Å². The van der Waals surface area contributed by atoms with Crippen LogP contribution in [0.15, 0.2) is 0 Å². The lowest BCUT2D eigenvalue weighted by atomic mass is 10.1. The molecule has 0 aromatic carbocycles. The fourth-order valence-corrected chi connectivity index (χ4v) is 2.50. The van der Waals surface area contributed by atoms with E-state index in [0.29, 0.717) is 6.04 Å². The lowest BCUT2D eigenvalue weighted by Gasteiger charge is -2.23. The maximum absolute atomic E-state index is 11.6. The molecule has 0 aromatic rings. The number of hydrogen-bond donors (Lipinski definition) is 2. The second-order valence-electron chi connectivity index (χ2n) is 4.83. The Morgan fingerprint density at radius 2 is 2.06 bits per heavy atom. The average molecular weight is 226 g/mol. The zero-order chi connectivity index (χ0) is 11.2. The van der Waals surface area contributed by atoms with E-state index in [0.717, 1.165) is 38.8 Å². The first kappa shape index (κ1) is 11.9. The summed E-state index contributed by atoms with van der Waals surface area (Å²) in [6, 6.07) is 0.403. The molecule has 0 bridgehead atoms. The molecule has 1 amide bonds. The van der Waals surface area contributed by atoms with Crippen molar-refractivity contribution in [1.82, 2.24) is 10.6 Å². The topological polar surface area (TPSA) is 50.4 Å². The highest BCUT2D eigenvalue weighted by Gasteiger charge is 2.19. The van der Waals surface area contributed by atoms with Gasteiger partial charge in [-0.3, -0.25) is 4.79 Å². The maximum Gasteiger partial charge on any atom is 0.246 e. The molecule has 0 radical (unpaired) electrons. The molecular formula is C12H22N2O2. The number of carbonyl (C=O) groups excluding carboxylic acids is 1. The standard InChI is InChI=1S/C12H22N2O2/c15-12(14-10-4-1-2-5-10)9-16-11-6-3-7-13-8-11/h10-11,13H,1-9H2,(H,14,15). The number of piperidine rings is 1. The van der Waals surface area contributed by atoms with Crippen LogP contribution in [-0.2, 0) is 9.53 Å². The predicted octanol–water partition coefficient (Wildman–Crippen LogP) is 0.814. The first-order valence-electron chi connectivity index (χ1n) is 6.46. The molecular weight excluding hydrogens is 204 g/mol. The van der Waals surface area contributed by atoms with E-state index in [-0.39, 0.29) is 18.6 Å². The Hall–Kier alpha value is -0.610. The summed E-state index contributed by atoms with van der Waals surface area (Å²) in [4.78, 5) is 11.6. The van der Waals surface area contributed by atoms with Crippen LogP contribution >= 0.6 is 0 Å². The van der Waals surface area contributed by atoms with Crippen LogP contribution in [-0.4, -0.2) is 37.7 Å². The minimum absolute atomic E-state index is 0.0532. The van der Waals surface area contributed by atoms with Crippen LogP contribution in [0.3, 0.4) is 0 Å². The Balaban J connectivity index is 1.59. The Labute approximate surface area is 97.1 Å². The van der Waals surface area contributed by atoms with Gasteiger partial charge in [0.25, 0.3) is 0 Å². The van der Waals surface area contributed by atoms with Crippen LogP contribution < -0.4 is 10.6 Å². The second-order valence-corrected chi connectivity index (χ2v) is 4.83. The van der Waals surface area contributed by atoms with Crippen molar-refractivity contribution < 1.29 is 9.53 Å². The molecule has 1 aliphatic heterocycles. The highest BCUT2D eigenvalue weighted by molar-refractivity contribution is 5.77. The van der Waals surface area contributed by atoms with Gasteiger partial charge in [-0.1, -0.05) is 12.8 Å². The van der Waals surface area contributed by atoms with Gasteiger partial charge in [0.1, 0.15) is 6.61 Å². The van der Waals surface area contributed by atoms with Crippen LogP contribution in [0.25, 0.3) is 0 Å². The molecule has 1 aliphatic carbocycles. The molecule has 2 aliphatic rings. The molecule has 4 heteroatoms. The van der Waals surface area contributed by atoms with E-state index in [1.54, 1.807) is 0 Å². The van der Waals surface area contributed by atoms with E-state index < -0.39 is 0 Å². The molecule has 1 heterocycles. The zero-order valence-corrected chi connectivity index (χ0v) is 9.84. The lowest BCUT2D eigenvalue weighted by Crippen LogP contribution is -2.40. The summed E-state index contributed by atoms with van der Waals surface area (Å²) >= 11 is 0. The minimum Gasteiger partial charge on any atom is -0.367 e. The molecule has 92 valence electrons. The molecule has 1 saturated heterocycles. The number of rotatable bonds is 4. The number of carbonyl (C=O) groups is 1. The molecule has 1 saturated carbocycles. The summed E-state index contributed by atoms with van der Waals surface area (Å²) in [5.41, 5.74) is 0. The third-order valence-corrected chi connectivity index (χ3v) is 3.42. The predicted molar refractivity (Wildman–Crippen MR) is 62.2 cm³/mol. The first-order valence-corrected chi connectivity index (χ1v) is 6.46. The summed E-state index contributed by atoms with van der Waals surface area (Å²) in [6.07, 6.45) is 7.21. The monoisotopic (exact) mass is 226 g/mol. The van der Waals surface area contributed by atoms with Crippen molar-refractivity contribution in [3.8, 4) is 0 Å². The Morgan fingerprint density at radius 3 is 2.75 bits per heavy atom. The van der Waals surface area contributed by atoms with Crippen LogP contribution in [0.2, 0.25) is 0 Å². The van der Waals surface area contributed by atoms with Crippen molar-refractivity contribution in [1.29, 1.82) is 0 Å². The molecule has 4 nitrogen and oxygen atoms in total. The highest BCUT2D eigenvalue weighted by Crippen LogP contribution is 2.17. The third kappa shape index (κ3) is 3.76. The van der Waals surface area contributed by atoms with Crippen molar-refractivity contribution in [2.24, 2.45) is 0 Å². The second kappa shape index (κ2) is 6.21. The average Bonchev–Trinajstić information content (AvgIpc) is 2.81. The SMILES string of the molecule is O=C(COC1CCCNC1)NC1CCCC1. The maximum atomic E-state index is 11.6. The summed E-state index contributed by atoms with van der Waals surface area (Å²) in [7, 11) is 0. The van der Waals surface area contributed by atoms with Crippen molar-refractivity contribution in [3.63, 3.8) is 0 Å². The molecule has 2 N–H and O–H groups in total. The van der Waals surface area contributed by atoms with Crippen molar-refractivity contribution in [2.75, 3.05) is 19.7 Å². The minimum atomic E-state index is 0.0532. The van der Waals surface area contributed by atoms with Gasteiger partial charge in [0.15, 0.2) is 0 Å². The fourth-order valence-electron chi connectivity index (χ4n) is 2.50. The van der Waals surface area contributed by atoms with Gasteiger partial charge in [0.05, 0.1) is 6.10 Å². The van der Waals surface area contributed by atoms with E-state index in [1.807, 2.05) is 0 Å². The van der Waals surface area contributed by atoms with E-state index in [1.165, 1.54) is 12.8 Å². The van der Waals surface area contributed by atoms with Crippen LogP contribution in [0.1, 0.15) is 38.5 Å². The molecule has 0 spiro atoms. The zero-order valence-electron chi connectivity index (χ0n) is 9.84. The van der Waals surface area contributed by atoms with Crippen LogP contribution in [0.4, 0.5) is 0 Å². The summed E-state index contributed by atoms with van der Waals surface area (Å²) in [6.45, 7) is 2.19. The number of nitrogens with one attached hydrogen (secondary N) is 2. The van der Waals surface area contributed by atoms with Gasteiger partial charge in [-0.2, -0.15) is 0 Å². The summed E-state index contributed by atoms with van der Waals surface area (Å²) in [5.74, 6) is 0.0532. The largest absolute Gasteiger partial charge is 0.367 e. The molecule has 2 fully saturated rings. The Bertz CT molecular complexity index is 221. The van der Waals surface area contributed by atoms with E-state index in [9.17, 15) is 4.79 Å². The van der Waals surface area contributed by atoms with E-state index >= 15 is 0 Å². The van der Waals surface area contributed by atoms with Gasteiger partial charge < -0.3 is 15.4 Å². The molecule has 0 aromatic heterocycles. The first-order chi connectivity index (χ1) is 7.84. The fraction of sp³-hybridized carbons (Fsp3) is 0.917. The summed E-state index contributed by atoms with van der Waals surface area (Å²) < 4.78 is 5.58. The smallest absolute Gasteiger partial charge is 0.246 e. The van der Waals surface area contributed by atoms with Crippen LogP contribution in [0, 0.1) is 0 Å². The quantitative estimate of drug-likeness (QED) is 0.746. The number of hydrogen-bond acceptors (Lipinski definition) is 3. The van der Waals surface area contributed by atoms with Gasteiger partial charge in [-0.25, -0.2) is 0 Å². The van der Waals surface area contributed by atoms with Crippen molar-refractivity contribution >= 4 is 5.91 Å². The van der Waals surface area contributed by atoms with Crippen molar-refractivity contribution in [2.45, 2.75) is 50.7 Å². The van der Waals surface area contributed by atoms with E-state index in [2.05, 4.69) is 10.6 Å². The molecule has 1 unspecified atom stereocenters. The normalized spacial score (nSPS) is 26.9. The molecule has 16 heavy (non-hydrogen) atoms. The van der Waals surface area contributed by atoms with Gasteiger partial charge in [0, 0.05) is 12.6 Å². The lowest BCUT2D eigenvalue weighted by molar-refractivity contribution is -0.128. The van der Waals surface area contributed by atoms with Gasteiger partial charge >= 0.3 is 0 Å². The number of ether oxygens (including phenoxy) is 1. The molecule has 2 rings (SSSR count). The summed E-state index contributed by atoms with van der Waals surface area (Å²) in [5, 5.41) is 6.31.